The molecule has 0 spiro atoms. The summed E-state index contributed by atoms with van der Waals surface area (Å²) in [5.41, 5.74) is 0. The van der Waals surface area contributed by atoms with Gasteiger partial charge in [0.1, 0.15) is 5.78 Å². The van der Waals surface area contributed by atoms with Gasteiger partial charge in [-0.15, -0.1) is 0 Å². The van der Waals surface area contributed by atoms with Crippen molar-refractivity contribution in [3.63, 3.8) is 0 Å². The number of rotatable bonds is 1. The van der Waals surface area contributed by atoms with Crippen molar-refractivity contribution in [2.45, 2.75) is 56.1 Å². The van der Waals surface area contributed by atoms with Crippen molar-refractivity contribution in [1.82, 2.24) is 4.90 Å². The molecule has 0 aromatic rings. The van der Waals surface area contributed by atoms with Gasteiger partial charge in [-0.25, -0.2) is 0 Å². The van der Waals surface area contributed by atoms with Crippen molar-refractivity contribution in [1.29, 1.82) is 0 Å². The Hall–Kier alpha value is -0.0200. The van der Waals surface area contributed by atoms with E-state index in [1.165, 1.54) is 6.42 Å². The van der Waals surface area contributed by atoms with E-state index in [1.54, 1.807) is 0 Å². The van der Waals surface area contributed by atoms with Gasteiger partial charge < -0.3 is 0 Å². The lowest BCUT2D eigenvalue weighted by atomic mass is 9.92. The normalized spacial score (nSPS) is 39.3. The Morgan fingerprint density at radius 3 is 2.47 bits per heavy atom. The van der Waals surface area contributed by atoms with Crippen LogP contribution in [0.25, 0.3) is 0 Å². The number of hydrogen-bond acceptors (Lipinski definition) is 3. The molecule has 3 atom stereocenters. The molecule has 1 saturated heterocycles. The molecule has 1 heterocycles. The standard InChI is InChI=1S/C12H21NOS/c1-9-7-13(8-10(2)15-9)11-5-3-4-6-12(11)14/h9-11H,3-8H2,1-2H3. The number of carbonyl (C=O) groups excluding carboxylic acids is 1. The van der Waals surface area contributed by atoms with Crippen molar-refractivity contribution < 1.29 is 4.79 Å². The minimum absolute atomic E-state index is 0.254. The Bertz CT molecular complexity index is 234. The second-order valence-electron chi connectivity index (χ2n) is 4.94. The summed E-state index contributed by atoms with van der Waals surface area (Å²) in [6.07, 6.45) is 4.27. The van der Waals surface area contributed by atoms with Crippen LogP contribution in [0, 0.1) is 0 Å². The molecule has 0 aromatic heterocycles. The van der Waals surface area contributed by atoms with E-state index in [4.69, 9.17) is 0 Å². The van der Waals surface area contributed by atoms with Crippen molar-refractivity contribution in [3.8, 4) is 0 Å². The average Bonchev–Trinajstić information content (AvgIpc) is 2.16. The van der Waals surface area contributed by atoms with Gasteiger partial charge in [-0.3, -0.25) is 9.69 Å². The van der Waals surface area contributed by atoms with E-state index in [0.29, 0.717) is 16.3 Å². The van der Waals surface area contributed by atoms with Gasteiger partial charge in [0.05, 0.1) is 6.04 Å². The highest BCUT2D eigenvalue weighted by atomic mass is 32.2. The van der Waals surface area contributed by atoms with Crippen LogP contribution >= 0.6 is 11.8 Å². The predicted molar refractivity (Wildman–Crippen MR) is 65.4 cm³/mol. The van der Waals surface area contributed by atoms with Gasteiger partial charge in [0.15, 0.2) is 0 Å². The van der Waals surface area contributed by atoms with Crippen LogP contribution < -0.4 is 0 Å². The van der Waals surface area contributed by atoms with Crippen molar-refractivity contribution in [2.24, 2.45) is 0 Å². The Morgan fingerprint density at radius 2 is 1.87 bits per heavy atom. The van der Waals surface area contributed by atoms with Crippen LogP contribution in [0.4, 0.5) is 0 Å². The SMILES string of the molecule is CC1CN(C2CCCCC2=O)CC(C)S1. The third-order valence-electron chi connectivity index (χ3n) is 3.41. The summed E-state index contributed by atoms with van der Waals surface area (Å²) in [5.74, 6) is 0.493. The van der Waals surface area contributed by atoms with Crippen LogP contribution in [0.2, 0.25) is 0 Å². The Morgan fingerprint density at radius 1 is 1.20 bits per heavy atom. The van der Waals surface area contributed by atoms with E-state index in [0.717, 1.165) is 32.4 Å². The van der Waals surface area contributed by atoms with Gasteiger partial charge in [0, 0.05) is 30.0 Å². The average molecular weight is 227 g/mol. The largest absolute Gasteiger partial charge is 0.298 e. The molecule has 86 valence electrons. The minimum atomic E-state index is 0.254. The number of hydrogen-bond donors (Lipinski definition) is 0. The maximum Gasteiger partial charge on any atom is 0.149 e. The fourth-order valence-corrected chi connectivity index (χ4v) is 4.17. The van der Waals surface area contributed by atoms with Crippen LogP contribution in [-0.4, -0.2) is 40.3 Å². The monoisotopic (exact) mass is 227 g/mol. The van der Waals surface area contributed by atoms with Gasteiger partial charge in [-0.05, 0) is 12.8 Å². The summed E-state index contributed by atoms with van der Waals surface area (Å²) >= 11 is 2.06. The summed E-state index contributed by atoms with van der Waals surface area (Å²) in [4.78, 5) is 14.3. The molecule has 0 amide bonds. The molecule has 0 radical (unpaired) electrons. The Kier molecular flexibility index (Phi) is 3.73. The van der Waals surface area contributed by atoms with Crippen LogP contribution in [0.3, 0.4) is 0 Å². The first-order valence-corrected chi connectivity index (χ1v) is 7.03. The van der Waals surface area contributed by atoms with E-state index in [2.05, 4.69) is 30.5 Å². The van der Waals surface area contributed by atoms with Crippen molar-refractivity contribution in [3.05, 3.63) is 0 Å². The lowest BCUT2D eigenvalue weighted by Crippen LogP contribution is -2.50. The van der Waals surface area contributed by atoms with E-state index in [1.807, 2.05) is 0 Å². The maximum absolute atomic E-state index is 11.9. The molecule has 0 aromatic carbocycles. The van der Waals surface area contributed by atoms with E-state index in [9.17, 15) is 4.79 Å². The maximum atomic E-state index is 11.9. The van der Waals surface area contributed by atoms with Crippen LogP contribution in [0.5, 0.6) is 0 Å². The molecule has 0 N–H and O–H groups in total. The quantitative estimate of drug-likeness (QED) is 0.686. The summed E-state index contributed by atoms with van der Waals surface area (Å²) in [5, 5.41) is 1.37. The molecule has 3 heteroatoms. The molecule has 3 unspecified atom stereocenters. The first-order chi connectivity index (χ1) is 7.16. The summed E-state index contributed by atoms with van der Waals surface area (Å²) < 4.78 is 0. The number of thioether (sulfide) groups is 1. The second kappa shape index (κ2) is 4.88. The zero-order chi connectivity index (χ0) is 10.8. The molecular weight excluding hydrogens is 206 g/mol. The number of ketones is 1. The number of Topliss-reactive ketones (excluding diaryl/α,β-unsaturated/α-hetero) is 1. The van der Waals surface area contributed by atoms with E-state index in [-0.39, 0.29) is 6.04 Å². The molecule has 1 aliphatic heterocycles. The van der Waals surface area contributed by atoms with Crippen molar-refractivity contribution >= 4 is 17.5 Å². The Balaban J connectivity index is 1.99. The van der Waals surface area contributed by atoms with E-state index >= 15 is 0 Å². The molecule has 1 saturated carbocycles. The summed E-state index contributed by atoms with van der Waals surface area (Å²) in [6.45, 7) is 6.76. The van der Waals surface area contributed by atoms with Gasteiger partial charge >= 0.3 is 0 Å². The smallest absolute Gasteiger partial charge is 0.149 e. The molecular formula is C12H21NOS. The highest BCUT2D eigenvalue weighted by Crippen LogP contribution is 2.29. The first kappa shape index (κ1) is 11.5. The topological polar surface area (TPSA) is 20.3 Å². The number of nitrogens with zero attached hydrogens (tertiary/aromatic N) is 1. The zero-order valence-electron chi connectivity index (χ0n) is 9.74. The third kappa shape index (κ3) is 2.76. The molecule has 0 bridgehead atoms. The highest BCUT2D eigenvalue weighted by Gasteiger charge is 2.32. The second-order valence-corrected chi connectivity index (χ2v) is 6.82. The molecule has 2 aliphatic rings. The lowest BCUT2D eigenvalue weighted by Gasteiger charge is -2.40. The lowest BCUT2D eigenvalue weighted by molar-refractivity contribution is -0.126. The van der Waals surface area contributed by atoms with E-state index < -0.39 is 0 Å². The van der Waals surface area contributed by atoms with Crippen molar-refractivity contribution in [2.75, 3.05) is 13.1 Å². The first-order valence-electron chi connectivity index (χ1n) is 6.09. The predicted octanol–water partition coefficient (Wildman–Crippen LogP) is 2.32. The molecule has 1 aliphatic carbocycles. The molecule has 2 nitrogen and oxygen atoms in total. The summed E-state index contributed by atoms with van der Waals surface area (Å²) in [6, 6.07) is 0.254. The fraction of sp³-hybridized carbons (Fsp3) is 0.917. The van der Waals surface area contributed by atoms with Crippen LogP contribution in [0.15, 0.2) is 0 Å². The number of carbonyl (C=O) groups is 1. The molecule has 15 heavy (non-hydrogen) atoms. The summed E-state index contributed by atoms with van der Waals surface area (Å²) in [7, 11) is 0. The third-order valence-corrected chi connectivity index (χ3v) is 4.64. The fourth-order valence-electron chi connectivity index (χ4n) is 2.82. The van der Waals surface area contributed by atoms with Gasteiger partial charge in [-0.1, -0.05) is 20.3 Å². The zero-order valence-corrected chi connectivity index (χ0v) is 10.6. The van der Waals surface area contributed by atoms with Crippen LogP contribution in [0.1, 0.15) is 39.5 Å². The van der Waals surface area contributed by atoms with Gasteiger partial charge in [-0.2, -0.15) is 11.8 Å². The van der Waals surface area contributed by atoms with Gasteiger partial charge in [0.2, 0.25) is 0 Å². The molecule has 2 fully saturated rings. The minimum Gasteiger partial charge on any atom is -0.298 e. The highest BCUT2D eigenvalue weighted by molar-refractivity contribution is 8.00. The van der Waals surface area contributed by atoms with Crippen LogP contribution in [-0.2, 0) is 4.79 Å². The Labute approximate surface area is 96.8 Å². The van der Waals surface area contributed by atoms with Gasteiger partial charge in [0.25, 0.3) is 0 Å². The molecule has 2 rings (SSSR count).